The van der Waals surface area contributed by atoms with Gasteiger partial charge in [0.2, 0.25) is 0 Å². The fourth-order valence-corrected chi connectivity index (χ4v) is 2.29. The van der Waals surface area contributed by atoms with Crippen LogP contribution in [-0.4, -0.2) is 18.5 Å². The molecule has 6 nitrogen and oxygen atoms in total. The van der Waals surface area contributed by atoms with Crippen LogP contribution in [0.25, 0.3) is 0 Å². The topological polar surface area (TPSA) is 90.7 Å². The molecular formula is C21H18N2O4. The van der Waals surface area contributed by atoms with Gasteiger partial charge < -0.3 is 20.5 Å². The highest BCUT2D eigenvalue weighted by atomic mass is 16.5. The summed E-state index contributed by atoms with van der Waals surface area (Å²) >= 11 is 0. The van der Waals surface area contributed by atoms with Gasteiger partial charge in [-0.25, -0.2) is 4.79 Å². The Labute approximate surface area is 156 Å². The Bertz CT molecular complexity index is 924. The van der Waals surface area contributed by atoms with E-state index in [1.807, 2.05) is 30.3 Å². The predicted octanol–water partition coefficient (Wildman–Crippen LogP) is 3.86. The molecule has 0 aromatic heterocycles. The average molecular weight is 362 g/mol. The highest BCUT2D eigenvalue weighted by Gasteiger charge is 2.12. The fraction of sp³-hybridized carbons (Fsp3) is 0.0476. The van der Waals surface area contributed by atoms with Crippen LogP contribution in [0, 0.1) is 0 Å². The molecule has 136 valence electrons. The number of carbonyl (C=O) groups excluding carboxylic acids is 2. The van der Waals surface area contributed by atoms with Crippen LogP contribution < -0.4 is 15.8 Å². The number of amides is 1. The van der Waals surface area contributed by atoms with Crippen molar-refractivity contribution in [3.63, 3.8) is 0 Å². The normalized spacial score (nSPS) is 10.1. The van der Waals surface area contributed by atoms with E-state index in [-0.39, 0.29) is 0 Å². The number of benzene rings is 3. The van der Waals surface area contributed by atoms with Gasteiger partial charge in [-0.15, -0.1) is 0 Å². The Hall–Kier alpha value is -3.80. The molecule has 0 aliphatic carbocycles. The van der Waals surface area contributed by atoms with Gasteiger partial charge in [0.1, 0.15) is 5.75 Å². The summed E-state index contributed by atoms with van der Waals surface area (Å²) in [5.41, 5.74) is 6.92. The van der Waals surface area contributed by atoms with Crippen molar-refractivity contribution in [3.8, 4) is 11.5 Å². The Kier molecular flexibility index (Phi) is 5.69. The zero-order chi connectivity index (χ0) is 19.1. The molecular weight excluding hydrogens is 344 g/mol. The monoisotopic (exact) mass is 362 g/mol. The largest absolute Gasteiger partial charge is 0.455 e. The summed E-state index contributed by atoms with van der Waals surface area (Å²) in [6, 6.07) is 22.5. The van der Waals surface area contributed by atoms with E-state index in [9.17, 15) is 9.59 Å². The van der Waals surface area contributed by atoms with Crippen molar-refractivity contribution in [1.82, 2.24) is 0 Å². The van der Waals surface area contributed by atoms with Crippen LogP contribution in [0.2, 0.25) is 0 Å². The van der Waals surface area contributed by atoms with Gasteiger partial charge in [-0.05, 0) is 48.5 Å². The molecule has 0 aliphatic heterocycles. The first-order valence-electron chi connectivity index (χ1n) is 8.26. The van der Waals surface area contributed by atoms with E-state index in [0.717, 1.165) is 0 Å². The van der Waals surface area contributed by atoms with Crippen LogP contribution in [0.4, 0.5) is 11.4 Å². The van der Waals surface area contributed by atoms with Crippen molar-refractivity contribution >= 4 is 23.3 Å². The van der Waals surface area contributed by atoms with E-state index in [1.165, 1.54) is 0 Å². The summed E-state index contributed by atoms with van der Waals surface area (Å²) < 4.78 is 10.8. The lowest BCUT2D eigenvalue weighted by molar-refractivity contribution is -0.119. The lowest BCUT2D eigenvalue weighted by atomic mass is 10.2. The summed E-state index contributed by atoms with van der Waals surface area (Å²) in [5.74, 6) is 0.0674. The number of para-hydroxylation sites is 3. The van der Waals surface area contributed by atoms with E-state index in [0.29, 0.717) is 28.4 Å². The lowest BCUT2D eigenvalue weighted by Crippen LogP contribution is -2.21. The molecule has 3 aromatic carbocycles. The maximum atomic E-state index is 12.1. The van der Waals surface area contributed by atoms with Gasteiger partial charge in [-0.2, -0.15) is 0 Å². The van der Waals surface area contributed by atoms with Gasteiger partial charge in [0.05, 0.1) is 11.3 Å². The first-order chi connectivity index (χ1) is 13.1. The molecule has 0 bridgehead atoms. The number of anilines is 2. The number of hydrogen-bond donors (Lipinski definition) is 2. The minimum absolute atomic E-state index is 0.324. The Morgan fingerprint density at radius 2 is 1.52 bits per heavy atom. The molecule has 0 heterocycles. The number of nitrogens with two attached hydrogens (primary N) is 1. The van der Waals surface area contributed by atoms with Gasteiger partial charge in [0.25, 0.3) is 5.91 Å². The zero-order valence-electron chi connectivity index (χ0n) is 14.4. The molecule has 0 unspecified atom stereocenters. The zero-order valence-corrected chi connectivity index (χ0v) is 14.4. The SMILES string of the molecule is Nc1ccc(C(=O)OCC(=O)Nc2ccccc2Oc2ccccc2)cc1. The molecule has 0 saturated heterocycles. The summed E-state index contributed by atoms with van der Waals surface area (Å²) in [6.07, 6.45) is 0. The van der Waals surface area contributed by atoms with Crippen molar-refractivity contribution in [1.29, 1.82) is 0 Å². The second-order valence-corrected chi connectivity index (χ2v) is 5.66. The third-order valence-corrected chi connectivity index (χ3v) is 3.61. The number of esters is 1. The molecule has 3 N–H and O–H groups in total. The molecule has 0 radical (unpaired) electrons. The third kappa shape index (κ3) is 5.09. The minimum atomic E-state index is -0.598. The van der Waals surface area contributed by atoms with Crippen LogP contribution >= 0.6 is 0 Å². The second-order valence-electron chi connectivity index (χ2n) is 5.66. The highest BCUT2D eigenvalue weighted by molar-refractivity contribution is 5.96. The molecule has 27 heavy (non-hydrogen) atoms. The molecule has 0 saturated carbocycles. The number of nitrogen functional groups attached to an aromatic ring is 1. The van der Waals surface area contributed by atoms with E-state index in [2.05, 4.69) is 5.32 Å². The van der Waals surface area contributed by atoms with E-state index < -0.39 is 18.5 Å². The van der Waals surface area contributed by atoms with E-state index in [1.54, 1.807) is 48.5 Å². The molecule has 3 aromatic rings. The summed E-state index contributed by atoms with van der Waals surface area (Å²) in [4.78, 5) is 24.1. The van der Waals surface area contributed by atoms with Crippen molar-refractivity contribution in [2.45, 2.75) is 0 Å². The predicted molar refractivity (Wildman–Crippen MR) is 103 cm³/mol. The summed E-state index contributed by atoms with van der Waals surface area (Å²) in [7, 11) is 0. The molecule has 3 rings (SSSR count). The third-order valence-electron chi connectivity index (χ3n) is 3.61. The maximum Gasteiger partial charge on any atom is 0.338 e. The van der Waals surface area contributed by atoms with Gasteiger partial charge in [-0.3, -0.25) is 4.79 Å². The average Bonchev–Trinajstić information content (AvgIpc) is 2.69. The van der Waals surface area contributed by atoms with E-state index >= 15 is 0 Å². The van der Waals surface area contributed by atoms with Gasteiger partial charge in [-0.1, -0.05) is 30.3 Å². The van der Waals surface area contributed by atoms with Crippen LogP contribution in [0.3, 0.4) is 0 Å². The summed E-state index contributed by atoms with van der Waals surface area (Å²) in [6.45, 7) is -0.414. The molecule has 0 spiro atoms. The van der Waals surface area contributed by atoms with Crippen molar-refractivity contribution < 1.29 is 19.1 Å². The van der Waals surface area contributed by atoms with E-state index in [4.69, 9.17) is 15.2 Å². The molecule has 0 atom stereocenters. The highest BCUT2D eigenvalue weighted by Crippen LogP contribution is 2.29. The Balaban J connectivity index is 1.59. The molecule has 1 amide bonds. The quantitative estimate of drug-likeness (QED) is 0.513. The first kappa shape index (κ1) is 18.0. The second kappa shape index (κ2) is 8.53. The molecule has 6 heteroatoms. The van der Waals surface area contributed by atoms with Crippen LogP contribution in [-0.2, 0) is 9.53 Å². The standard InChI is InChI=1S/C21H18N2O4/c22-16-12-10-15(11-13-16)21(25)26-14-20(24)23-18-8-4-5-9-19(18)27-17-6-2-1-3-7-17/h1-13H,14,22H2,(H,23,24). The van der Waals surface area contributed by atoms with Crippen LogP contribution in [0.5, 0.6) is 11.5 Å². The maximum absolute atomic E-state index is 12.1. The van der Waals surface area contributed by atoms with Crippen LogP contribution in [0.15, 0.2) is 78.9 Å². The van der Waals surface area contributed by atoms with Crippen molar-refractivity contribution in [2.24, 2.45) is 0 Å². The van der Waals surface area contributed by atoms with Crippen LogP contribution in [0.1, 0.15) is 10.4 Å². The Morgan fingerprint density at radius 1 is 0.852 bits per heavy atom. The van der Waals surface area contributed by atoms with Gasteiger partial charge in [0, 0.05) is 5.69 Å². The number of rotatable bonds is 6. The fourth-order valence-electron chi connectivity index (χ4n) is 2.29. The number of nitrogens with one attached hydrogen (secondary N) is 1. The first-order valence-corrected chi connectivity index (χ1v) is 8.26. The van der Waals surface area contributed by atoms with Crippen molar-refractivity contribution in [3.05, 3.63) is 84.4 Å². The van der Waals surface area contributed by atoms with Gasteiger partial charge in [0.15, 0.2) is 12.4 Å². The smallest absolute Gasteiger partial charge is 0.338 e. The lowest BCUT2D eigenvalue weighted by Gasteiger charge is -2.12. The number of carbonyl (C=O) groups is 2. The minimum Gasteiger partial charge on any atom is -0.455 e. The summed E-state index contributed by atoms with van der Waals surface area (Å²) in [5, 5.41) is 2.69. The number of ether oxygens (including phenoxy) is 2. The molecule has 0 aliphatic rings. The van der Waals surface area contributed by atoms with Crippen molar-refractivity contribution in [2.75, 3.05) is 17.7 Å². The Morgan fingerprint density at radius 3 is 2.26 bits per heavy atom. The van der Waals surface area contributed by atoms with Gasteiger partial charge >= 0.3 is 5.97 Å². The molecule has 0 fully saturated rings. The number of hydrogen-bond acceptors (Lipinski definition) is 5.